The highest BCUT2D eigenvalue weighted by molar-refractivity contribution is 6.11. The first-order valence-corrected chi connectivity index (χ1v) is 18.3. The summed E-state index contributed by atoms with van der Waals surface area (Å²) in [5, 5.41) is 7.17. The molecule has 7 aromatic rings. The molecule has 6 heteroatoms. The molecule has 0 saturated carbocycles. The second kappa shape index (κ2) is 15.0. The lowest BCUT2D eigenvalue weighted by atomic mass is 9.81. The molecule has 0 aliphatic rings. The molecule has 0 radical (unpaired) electrons. The number of benzene rings is 7. The number of hydrogen-bond acceptors (Lipinski definition) is 6. The summed E-state index contributed by atoms with van der Waals surface area (Å²) >= 11 is 0. The van der Waals surface area contributed by atoms with Crippen molar-refractivity contribution < 1.29 is 28.5 Å². The lowest BCUT2D eigenvalue weighted by Gasteiger charge is -2.26. The number of fused-ring (bicyclic) bond motifs is 4. The molecule has 0 saturated heterocycles. The van der Waals surface area contributed by atoms with E-state index in [0.717, 1.165) is 49.5 Å². The van der Waals surface area contributed by atoms with Gasteiger partial charge in [-0.2, -0.15) is 0 Å². The van der Waals surface area contributed by atoms with Crippen molar-refractivity contribution in [3.8, 4) is 11.5 Å². The van der Waals surface area contributed by atoms with Gasteiger partial charge < -0.3 is 18.9 Å². The molecule has 7 aromatic carbocycles. The summed E-state index contributed by atoms with van der Waals surface area (Å²) in [5.74, 6) is 0.601. The van der Waals surface area contributed by atoms with Crippen LogP contribution in [0.4, 0.5) is 0 Å². The van der Waals surface area contributed by atoms with Crippen molar-refractivity contribution >= 4 is 55.0 Å². The lowest BCUT2D eigenvalue weighted by molar-refractivity contribution is 0.0224. The van der Waals surface area contributed by atoms with E-state index >= 15 is 0 Å². The molecule has 0 heterocycles. The first-order valence-electron chi connectivity index (χ1n) is 18.3. The maximum atomic E-state index is 13.3. The lowest BCUT2D eigenvalue weighted by Crippen LogP contribution is -2.23. The fourth-order valence-electron chi connectivity index (χ4n) is 6.80. The molecule has 0 aromatic heterocycles. The van der Waals surface area contributed by atoms with Gasteiger partial charge in [0.25, 0.3) is 0 Å². The molecule has 0 aliphatic carbocycles. The monoisotopic (exact) mass is 704 g/mol. The largest absolute Gasteiger partial charge is 0.488 e. The van der Waals surface area contributed by atoms with Gasteiger partial charge in [0.2, 0.25) is 0 Å². The normalized spacial score (nSPS) is 12.8. The van der Waals surface area contributed by atoms with Crippen molar-refractivity contribution in [2.45, 2.75) is 58.7 Å². The molecule has 0 N–H and O–H groups in total. The van der Waals surface area contributed by atoms with Crippen LogP contribution in [-0.4, -0.2) is 37.4 Å². The topological polar surface area (TPSA) is 71.1 Å². The Morgan fingerprint density at radius 1 is 0.528 bits per heavy atom. The SMILES string of the molecule is CCC(C)(C)c1ccc2c(OCC(C)OC(=O)c3cccc4ccccc34)c3ccccc3c(OCC(C)OC(=O)c3cccc4ccccc34)c2c1. The summed E-state index contributed by atoms with van der Waals surface area (Å²) in [7, 11) is 0. The molecule has 0 spiro atoms. The van der Waals surface area contributed by atoms with E-state index in [0.29, 0.717) is 22.6 Å². The van der Waals surface area contributed by atoms with Crippen LogP contribution < -0.4 is 9.47 Å². The average molecular weight is 705 g/mol. The Hall–Kier alpha value is -5.88. The number of carbonyl (C=O) groups excluding carboxylic acids is 2. The molecule has 53 heavy (non-hydrogen) atoms. The van der Waals surface area contributed by atoms with Crippen LogP contribution in [0.1, 0.15) is 67.3 Å². The van der Waals surface area contributed by atoms with E-state index in [1.807, 2.05) is 111 Å². The fraction of sp³-hybridized carbons (Fsp3) is 0.234. The van der Waals surface area contributed by atoms with Crippen LogP contribution in [0.15, 0.2) is 127 Å². The molecule has 0 amide bonds. The molecule has 2 unspecified atom stereocenters. The van der Waals surface area contributed by atoms with Crippen molar-refractivity contribution in [3.05, 3.63) is 144 Å². The summed E-state index contributed by atoms with van der Waals surface area (Å²) < 4.78 is 25.1. The van der Waals surface area contributed by atoms with Crippen molar-refractivity contribution in [2.75, 3.05) is 13.2 Å². The van der Waals surface area contributed by atoms with Crippen LogP contribution in [0.5, 0.6) is 11.5 Å². The third-order valence-electron chi connectivity index (χ3n) is 10.2. The van der Waals surface area contributed by atoms with Crippen molar-refractivity contribution in [2.24, 2.45) is 0 Å². The van der Waals surface area contributed by atoms with Gasteiger partial charge in [-0.25, -0.2) is 9.59 Å². The maximum Gasteiger partial charge on any atom is 0.339 e. The van der Waals surface area contributed by atoms with Gasteiger partial charge >= 0.3 is 11.9 Å². The van der Waals surface area contributed by atoms with Gasteiger partial charge in [-0.05, 0) is 71.0 Å². The van der Waals surface area contributed by atoms with Crippen molar-refractivity contribution in [1.82, 2.24) is 0 Å². The molecule has 268 valence electrons. The van der Waals surface area contributed by atoms with Crippen molar-refractivity contribution in [3.63, 3.8) is 0 Å². The number of esters is 2. The number of rotatable bonds is 12. The molecule has 0 bridgehead atoms. The average Bonchev–Trinajstić information content (AvgIpc) is 3.18. The Labute approximate surface area is 310 Å². The molecule has 0 aliphatic heterocycles. The van der Waals surface area contributed by atoms with Crippen LogP contribution in [0.2, 0.25) is 0 Å². The van der Waals surface area contributed by atoms with E-state index in [1.54, 1.807) is 12.1 Å². The second-order valence-electron chi connectivity index (χ2n) is 14.3. The van der Waals surface area contributed by atoms with Crippen LogP contribution >= 0.6 is 0 Å². The van der Waals surface area contributed by atoms with E-state index < -0.39 is 24.1 Å². The van der Waals surface area contributed by atoms with E-state index in [9.17, 15) is 9.59 Å². The first kappa shape index (κ1) is 35.5. The third-order valence-corrected chi connectivity index (χ3v) is 10.2. The highest BCUT2D eigenvalue weighted by Crippen LogP contribution is 2.44. The maximum absolute atomic E-state index is 13.3. The van der Waals surface area contributed by atoms with E-state index in [2.05, 4.69) is 39.0 Å². The van der Waals surface area contributed by atoms with Gasteiger partial charge in [0.05, 0.1) is 11.1 Å². The predicted octanol–water partition coefficient (Wildman–Crippen LogP) is 11.2. The Bertz CT molecular complexity index is 2450. The fourth-order valence-corrected chi connectivity index (χ4v) is 6.80. The Balaban J connectivity index is 1.17. The summed E-state index contributed by atoms with van der Waals surface area (Å²) in [6.07, 6.45) is -0.104. The van der Waals surface area contributed by atoms with Crippen LogP contribution in [0, 0.1) is 0 Å². The molecule has 2 atom stereocenters. The summed E-state index contributed by atoms with van der Waals surface area (Å²) in [6.45, 7) is 10.6. The standard InChI is InChI=1S/C47H44O6/c1-6-47(4,5)34-25-26-39-42(27-34)44(51-29-31(3)53-46(49)41-24-14-18-33-16-8-10-20-36(33)41)38-22-12-11-21-37(38)43(39)50-28-30(2)52-45(48)40-23-13-17-32-15-7-9-19-35(32)40/h7-27,30-31H,6,28-29H2,1-5H3. The predicted molar refractivity (Wildman–Crippen MR) is 213 cm³/mol. The van der Waals surface area contributed by atoms with Gasteiger partial charge in [0.1, 0.15) is 36.9 Å². The van der Waals surface area contributed by atoms with Gasteiger partial charge in [0, 0.05) is 21.5 Å². The number of carbonyl (C=O) groups is 2. The minimum atomic E-state index is -0.529. The highest BCUT2D eigenvalue weighted by Gasteiger charge is 2.24. The van der Waals surface area contributed by atoms with Gasteiger partial charge in [-0.1, -0.05) is 130 Å². The summed E-state index contributed by atoms with van der Waals surface area (Å²) in [5.41, 5.74) is 2.14. The van der Waals surface area contributed by atoms with E-state index in [4.69, 9.17) is 18.9 Å². The van der Waals surface area contributed by atoms with Crippen LogP contribution in [-0.2, 0) is 14.9 Å². The van der Waals surface area contributed by atoms with Gasteiger partial charge in [-0.3, -0.25) is 0 Å². The highest BCUT2D eigenvalue weighted by atomic mass is 16.6. The number of hydrogen-bond donors (Lipinski definition) is 0. The molecular formula is C47H44O6. The third kappa shape index (κ3) is 7.27. The zero-order chi connectivity index (χ0) is 37.1. The zero-order valence-corrected chi connectivity index (χ0v) is 30.8. The Morgan fingerprint density at radius 2 is 0.943 bits per heavy atom. The molecule has 6 nitrogen and oxygen atoms in total. The van der Waals surface area contributed by atoms with E-state index in [-0.39, 0.29) is 18.6 Å². The number of ether oxygens (including phenoxy) is 4. The second-order valence-corrected chi connectivity index (χ2v) is 14.3. The quantitative estimate of drug-likeness (QED) is 0.0931. The van der Waals surface area contributed by atoms with Gasteiger partial charge in [-0.15, -0.1) is 0 Å². The minimum Gasteiger partial charge on any atom is -0.488 e. The zero-order valence-electron chi connectivity index (χ0n) is 30.8. The van der Waals surface area contributed by atoms with Crippen LogP contribution in [0.3, 0.4) is 0 Å². The summed E-state index contributed by atoms with van der Waals surface area (Å²) in [4.78, 5) is 26.7. The van der Waals surface area contributed by atoms with Gasteiger partial charge in [0.15, 0.2) is 0 Å². The summed E-state index contributed by atoms with van der Waals surface area (Å²) in [6, 6.07) is 41.2. The van der Waals surface area contributed by atoms with E-state index in [1.165, 1.54) is 5.56 Å². The van der Waals surface area contributed by atoms with Crippen molar-refractivity contribution in [1.29, 1.82) is 0 Å². The molecule has 7 rings (SSSR count). The Morgan fingerprint density at radius 3 is 1.43 bits per heavy atom. The molecular weight excluding hydrogens is 661 g/mol. The first-order chi connectivity index (χ1) is 25.6. The Kier molecular flexibility index (Phi) is 10.1. The molecule has 0 fully saturated rings. The van der Waals surface area contributed by atoms with Crippen LogP contribution in [0.25, 0.3) is 43.1 Å². The minimum absolute atomic E-state index is 0.0796. The smallest absolute Gasteiger partial charge is 0.339 e.